The number of pyridine rings is 1. The molecule has 15 nitrogen and oxygen atoms in total. The lowest BCUT2D eigenvalue weighted by atomic mass is 10.0. The molecule has 1 aliphatic carbocycles. The van der Waals surface area contributed by atoms with E-state index in [1.165, 1.54) is 10.0 Å². The molecule has 5 amide bonds. The molecule has 1 saturated carbocycles. The summed E-state index contributed by atoms with van der Waals surface area (Å²) >= 11 is 0. The molecular formula is C38H45N11O4. The second-order valence-corrected chi connectivity index (χ2v) is 14.8. The van der Waals surface area contributed by atoms with Crippen molar-refractivity contribution in [3.63, 3.8) is 0 Å². The molecular weight excluding hydrogens is 674 g/mol. The summed E-state index contributed by atoms with van der Waals surface area (Å²) in [5, 5.41) is 9.18. The van der Waals surface area contributed by atoms with Crippen molar-refractivity contribution in [1.29, 1.82) is 0 Å². The third-order valence-corrected chi connectivity index (χ3v) is 11.0. The van der Waals surface area contributed by atoms with Gasteiger partial charge in [-0.15, -0.1) is 0 Å². The van der Waals surface area contributed by atoms with Crippen molar-refractivity contribution in [1.82, 2.24) is 44.7 Å². The van der Waals surface area contributed by atoms with Crippen LogP contribution in [0.1, 0.15) is 83.0 Å². The average Bonchev–Trinajstić information content (AvgIpc) is 3.89. The predicted octanol–water partition coefficient (Wildman–Crippen LogP) is 4.30. The van der Waals surface area contributed by atoms with E-state index in [-0.39, 0.29) is 36.7 Å². The molecule has 3 fully saturated rings. The van der Waals surface area contributed by atoms with Crippen LogP contribution >= 0.6 is 0 Å². The Bertz CT molecular complexity index is 2070. The van der Waals surface area contributed by atoms with Crippen molar-refractivity contribution in [3.8, 4) is 0 Å². The van der Waals surface area contributed by atoms with Gasteiger partial charge in [-0.05, 0) is 68.1 Å². The van der Waals surface area contributed by atoms with Gasteiger partial charge in [0.25, 0.3) is 11.8 Å². The van der Waals surface area contributed by atoms with Crippen molar-refractivity contribution in [2.75, 3.05) is 51.0 Å². The summed E-state index contributed by atoms with van der Waals surface area (Å²) in [6.45, 7) is 3.07. The quantitative estimate of drug-likeness (QED) is 0.256. The van der Waals surface area contributed by atoms with Gasteiger partial charge in [0.15, 0.2) is 0 Å². The van der Waals surface area contributed by atoms with E-state index < -0.39 is 6.03 Å². The van der Waals surface area contributed by atoms with Gasteiger partial charge in [-0.1, -0.05) is 25.0 Å². The largest absolute Gasteiger partial charge is 0.370 e. The maximum Gasteiger partial charge on any atom is 0.342 e. The maximum atomic E-state index is 13.1. The number of carbonyl (C=O) groups excluding carboxylic acids is 4. The third-order valence-electron chi connectivity index (χ3n) is 11.0. The number of benzene rings is 1. The van der Waals surface area contributed by atoms with Gasteiger partial charge >= 0.3 is 6.03 Å². The van der Waals surface area contributed by atoms with E-state index in [1.807, 2.05) is 30.5 Å². The number of piperidine rings is 1. The number of urea groups is 1. The highest BCUT2D eigenvalue weighted by atomic mass is 16.2. The van der Waals surface area contributed by atoms with Crippen LogP contribution in [0.2, 0.25) is 0 Å². The van der Waals surface area contributed by atoms with E-state index in [1.54, 1.807) is 25.2 Å². The number of hydrogen-bond donors (Lipinski definition) is 2. The Kier molecular flexibility index (Phi) is 9.18. The van der Waals surface area contributed by atoms with Gasteiger partial charge in [0.05, 0.1) is 25.0 Å². The van der Waals surface area contributed by atoms with Gasteiger partial charge in [-0.2, -0.15) is 4.98 Å². The zero-order valence-corrected chi connectivity index (χ0v) is 30.4. The van der Waals surface area contributed by atoms with Crippen molar-refractivity contribution < 1.29 is 19.2 Å². The minimum absolute atomic E-state index is 0.0320. The van der Waals surface area contributed by atoms with E-state index in [4.69, 9.17) is 9.97 Å². The van der Waals surface area contributed by atoms with Crippen LogP contribution in [-0.2, 0) is 17.9 Å². The molecule has 53 heavy (non-hydrogen) atoms. The summed E-state index contributed by atoms with van der Waals surface area (Å²) in [4.78, 5) is 70.5. The molecule has 0 spiro atoms. The molecule has 3 aromatic heterocycles. The first-order valence-corrected chi connectivity index (χ1v) is 18.5. The Morgan fingerprint density at radius 3 is 2.43 bits per heavy atom. The fourth-order valence-corrected chi connectivity index (χ4v) is 8.18. The van der Waals surface area contributed by atoms with E-state index in [0.717, 1.165) is 86.0 Å². The number of imide groups is 1. The molecule has 0 bridgehead atoms. The molecule has 276 valence electrons. The molecule has 2 saturated heterocycles. The summed E-state index contributed by atoms with van der Waals surface area (Å²) in [6.07, 6.45) is 10.2. The summed E-state index contributed by atoms with van der Waals surface area (Å²) in [7, 11) is 5.70. The van der Waals surface area contributed by atoms with Gasteiger partial charge in [0, 0.05) is 69.4 Å². The van der Waals surface area contributed by atoms with Crippen molar-refractivity contribution in [3.05, 3.63) is 71.2 Å². The minimum Gasteiger partial charge on any atom is -0.370 e. The fraction of sp³-hybridized carbons (Fsp3) is 0.447. The highest BCUT2D eigenvalue weighted by molar-refractivity contribution is 6.02. The van der Waals surface area contributed by atoms with Crippen LogP contribution in [0.5, 0.6) is 0 Å². The number of nitrogens with zero attached hydrogens (tertiary/aromatic N) is 9. The fourth-order valence-electron chi connectivity index (χ4n) is 8.18. The summed E-state index contributed by atoms with van der Waals surface area (Å²) < 4.78 is 2.11. The zero-order valence-electron chi connectivity index (χ0n) is 30.4. The lowest BCUT2D eigenvalue weighted by molar-refractivity contribution is -0.123. The van der Waals surface area contributed by atoms with Crippen LogP contribution < -0.4 is 15.5 Å². The SMILES string of the molecule is CN(C)C(=O)c1cc2cnc(Nc3ccc(N4CCC(N(C)Cc5ccc6c(c5)CN(N5CCC(=O)NC5=O)C6=O)CC4)cn3)nc2n1C1CCCC1. The number of anilines is 3. The Morgan fingerprint density at radius 1 is 0.925 bits per heavy atom. The van der Waals surface area contributed by atoms with Crippen molar-refractivity contribution in [2.24, 2.45) is 0 Å². The Hall–Kier alpha value is -5.57. The topological polar surface area (TPSA) is 152 Å². The van der Waals surface area contributed by atoms with Gasteiger partial charge < -0.3 is 19.7 Å². The summed E-state index contributed by atoms with van der Waals surface area (Å²) in [5.41, 5.74) is 5.09. The third kappa shape index (κ3) is 6.76. The molecule has 0 unspecified atom stereocenters. The number of hydrazine groups is 1. The molecule has 15 heteroatoms. The van der Waals surface area contributed by atoms with E-state index in [2.05, 4.69) is 49.2 Å². The van der Waals surface area contributed by atoms with Gasteiger partial charge in [-0.25, -0.2) is 24.8 Å². The number of nitrogens with one attached hydrogen (secondary N) is 2. The number of amides is 5. The summed E-state index contributed by atoms with van der Waals surface area (Å²) in [5.74, 6) is 0.524. The Morgan fingerprint density at radius 2 is 1.72 bits per heavy atom. The molecule has 4 aromatic rings. The zero-order chi connectivity index (χ0) is 36.8. The summed E-state index contributed by atoms with van der Waals surface area (Å²) in [6, 6.07) is 11.9. The first kappa shape index (κ1) is 34.5. The molecule has 4 aliphatic rings. The molecule has 0 atom stereocenters. The van der Waals surface area contributed by atoms with Crippen LogP contribution in [0.25, 0.3) is 11.0 Å². The van der Waals surface area contributed by atoms with E-state index in [0.29, 0.717) is 35.6 Å². The molecule has 3 aliphatic heterocycles. The molecule has 2 N–H and O–H groups in total. The van der Waals surface area contributed by atoms with Crippen LogP contribution in [0.4, 0.5) is 22.2 Å². The number of hydrogen-bond acceptors (Lipinski definition) is 10. The lowest BCUT2D eigenvalue weighted by Gasteiger charge is -2.37. The number of fused-ring (bicyclic) bond motifs is 2. The van der Waals surface area contributed by atoms with Crippen molar-refractivity contribution >= 4 is 52.2 Å². The van der Waals surface area contributed by atoms with E-state index in [9.17, 15) is 19.2 Å². The highest BCUT2D eigenvalue weighted by Crippen LogP contribution is 2.35. The average molecular weight is 720 g/mol. The smallest absolute Gasteiger partial charge is 0.342 e. The highest BCUT2D eigenvalue weighted by Gasteiger charge is 2.37. The number of carbonyl (C=O) groups is 4. The van der Waals surface area contributed by atoms with Crippen LogP contribution in [0.3, 0.4) is 0 Å². The Labute approximate surface area is 307 Å². The standard InChI is InChI=1S/C38H45N11O4/c1-44(2)36(52)31-19-25-20-40-37(43-34(25)49(31)28-6-4-5-7-28)41-32-11-9-29(21-39-32)46-15-12-27(13-16-46)45(3)22-24-8-10-30-26(18-24)23-48(35(30)51)47-17-14-33(50)42-38(47)53/h8-11,18-21,27-28H,4-7,12-17,22-23H2,1-3H3,(H,42,50,53)(H,39,40,41,43). The van der Waals surface area contributed by atoms with Crippen LogP contribution in [0.15, 0.2) is 48.8 Å². The maximum absolute atomic E-state index is 13.1. The van der Waals surface area contributed by atoms with Crippen LogP contribution in [0, 0.1) is 0 Å². The number of rotatable bonds is 9. The van der Waals surface area contributed by atoms with E-state index >= 15 is 0 Å². The van der Waals surface area contributed by atoms with Crippen LogP contribution in [-0.4, -0.2) is 110 Å². The molecule has 1 aromatic carbocycles. The molecule has 0 radical (unpaired) electrons. The predicted molar refractivity (Wildman–Crippen MR) is 198 cm³/mol. The van der Waals surface area contributed by atoms with Gasteiger partial charge in [0.1, 0.15) is 17.2 Å². The molecule has 8 rings (SSSR count). The normalized spacial score (nSPS) is 18.3. The first-order valence-electron chi connectivity index (χ1n) is 18.5. The van der Waals surface area contributed by atoms with Gasteiger partial charge in [0.2, 0.25) is 11.9 Å². The number of aromatic nitrogens is 4. The lowest BCUT2D eigenvalue weighted by Crippen LogP contribution is -2.56. The first-order chi connectivity index (χ1) is 25.6. The van der Waals surface area contributed by atoms with Crippen molar-refractivity contribution in [2.45, 2.75) is 70.1 Å². The Balaban J connectivity index is 0.867. The second kappa shape index (κ2) is 14.1. The minimum atomic E-state index is -0.556. The molecule has 6 heterocycles. The van der Waals surface area contributed by atoms with Gasteiger partial charge in [-0.3, -0.25) is 24.6 Å². The second-order valence-electron chi connectivity index (χ2n) is 14.8. The monoisotopic (exact) mass is 719 g/mol.